The number of benzene rings is 1. The molecule has 1 fully saturated rings. The summed E-state index contributed by atoms with van der Waals surface area (Å²) in [6, 6.07) is 8.65. The van der Waals surface area contributed by atoms with Crippen molar-refractivity contribution in [2.75, 3.05) is 33.4 Å². The van der Waals surface area contributed by atoms with Crippen LogP contribution in [0.3, 0.4) is 0 Å². The van der Waals surface area contributed by atoms with Crippen LogP contribution in [0.25, 0.3) is 16.7 Å². The minimum Gasteiger partial charge on any atom is -0.474 e. The van der Waals surface area contributed by atoms with Crippen LogP contribution in [0, 0.1) is 0 Å². The van der Waals surface area contributed by atoms with Crippen molar-refractivity contribution < 1.29 is 17.9 Å². The Hall–Kier alpha value is -3.14. The molecule has 3 aromatic rings. The van der Waals surface area contributed by atoms with Gasteiger partial charge in [0, 0.05) is 63.9 Å². The lowest BCUT2D eigenvalue weighted by Gasteiger charge is -2.33. The Morgan fingerprint density at radius 3 is 2.55 bits per heavy atom. The first-order valence-corrected chi connectivity index (χ1v) is 11.9. The molecule has 0 saturated carbocycles. The molecule has 2 amide bonds. The summed E-state index contributed by atoms with van der Waals surface area (Å²) in [5.41, 5.74) is 0.840. The Labute approximate surface area is 181 Å². The molecule has 164 valence electrons. The van der Waals surface area contributed by atoms with Crippen molar-refractivity contribution in [1.82, 2.24) is 24.3 Å². The molecule has 10 heteroatoms. The van der Waals surface area contributed by atoms with E-state index in [9.17, 15) is 13.2 Å². The van der Waals surface area contributed by atoms with Crippen LogP contribution in [0.1, 0.15) is 12.8 Å². The molecule has 1 aliphatic heterocycles. The van der Waals surface area contributed by atoms with Crippen molar-refractivity contribution in [3.05, 3.63) is 42.9 Å². The highest BCUT2D eigenvalue weighted by molar-refractivity contribution is 7.90. The minimum absolute atomic E-state index is 0.0151. The number of rotatable bonds is 4. The maximum Gasteiger partial charge on any atom is 0.319 e. The molecule has 9 nitrogen and oxygen atoms in total. The van der Waals surface area contributed by atoms with Crippen molar-refractivity contribution in [3.8, 4) is 11.7 Å². The molecule has 1 aliphatic rings. The number of amides is 2. The first-order valence-electron chi connectivity index (χ1n) is 9.99. The molecule has 4 rings (SSSR count). The van der Waals surface area contributed by atoms with Gasteiger partial charge in [-0.1, -0.05) is 0 Å². The van der Waals surface area contributed by atoms with Gasteiger partial charge in [0.15, 0.2) is 9.84 Å². The van der Waals surface area contributed by atoms with Gasteiger partial charge in [-0.3, -0.25) is 0 Å². The number of piperidine rings is 1. The van der Waals surface area contributed by atoms with Crippen LogP contribution in [0.5, 0.6) is 5.88 Å². The van der Waals surface area contributed by atoms with Crippen LogP contribution < -0.4 is 4.74 Å². The molecule has 1 aromatic carbocycles. The number of aromatic nitrogens is 3. The van der Waals surface area contributed by atoms with Gasteiger partial charge in [0.1, 0.15) is 18.2 Å². The van der Waals surface area contributed by atoms with E-state index in [4.69, 9.17) is 4.74 Å². The molecule has 0 unspecified atom stereocenters. The molecule has 0 N–H and O–H groups in total. The van der Waals surface area contributed by atoms with Gasteiger partial charge in [-0.05, 0) is 24.3 Å². The highest BCUT2D eigenvalue weighted by Crippen LogP contribution is 2.25. The summed E-state index contributed by atoms with van der Waals surface area (Å²) in [6.07, 6.45) is 5.94. The second kappa shape index (κ2) is 8.18. The predicted octanol–water partition coefficient (Wildman–Crippen LogP) is 2.35. The van der Waals surface area contributed by atoms with Gasteiger partial charge in [-0.15, -0.1) is 0 Å². The molecule has 0 aliphatic carbocycles. The fourth-order valence-corrected chi connectivity index (χ4v) is 4.35. The summed E-state index contributed by atoms with van der Waals surface area (Å²) in [5.74, 6) is 1.10. The Kier molecular flexibility index (Phi) is 5.57. The van der Waals surface area contributed by atoms with Crippen molar-refractivity contribution in [1.29, 1.82) is 0 Å². The van der Waals surface area contributed by atoms with Gasteiger partial charge < -0.3 is 19.1 Å². The molecule has 2 aromatic heterocycles. The number of hydrogen-bond donors (Lipinski definition) is 0. The Morgan fingerprint density at radius 2 is 1.87 bits per heavy atom. The number of nitrogens with zero attached hydrogens (tertiary/aromatic N) is 5. The number of urea groups is 1. The number of hydrogen-bond acceptors (Lipinski definition) is 6. The fraction of sp³-hybridized carbons (Fsp3) is 0.381. The van der Waals surface area contributed by atoms with Gasteiger partial charge in [0.05, 0.1) is 10.4 Å². The zero-order chi connectivity index (χ0) is 22.2. The van der Waals surface area contributed by atoms with Crippen molar-refractivity contribution >= 4 is 26.8 Å². The number of ether oxygens (including phenoxy) is 1. The molecular weight excluding hydrogens is 418 g/mol. The summed E-state index contributed by atoms with van der Waals surface area (Å²) < 4.78 is 31.6. The summed E-state index contributed by atoms with van der Waals surface area (Å²) >= 11 is 0. The average Bonchev–Trinajstić information content (AvgIpc) is 3.17. The standard InChI is InChI=1S/C21H25N5O4S/c1-24(2)21(27)25-9-7-16(8-10-25)30-20-13-19(22-14-23-20)26-11-6-15-12-17(31(3,28)29)4-5-18(15)26/h4-6,11-14,16H,7-10H2,1-3H3. The summed E-state index contributed by atoms with van der Waals surface area (Å²) in [6.45, 7) is 1.29. The van der Waals surface area contributed by atoms with Crippen LogP contribution in [-0.2, 0) is 9.84 Å². The molecule has 0 spiro atoms. The Bertz CT molecular complexity index is 1210. The molecular formula is C21H25N5O4S. The first-order chi connectivity index (χ1) is 14.7. The number of fused-ring (bicyclic) bond motifs is 1. The van der Waals surface area contributed by atoms with Crippen molar-refractivity contribution in [3.63, 3.8) is 0 Å². The van der Waals surface area contributed by atoms with Gasteiger partial charge in [-0.25, -0.2) is 23.2 Å². The van der Waals surface area contributed by atoms with Crippen molar-refractivity contribution in [2.24, 2.45) is 0 Å². The third kappa shape index (κ3) is 4.48. The van der Waals surface area contributed by atoms with E-state index in [1.807, 2.05) is 21.7 Å². The number of likely N-dealkylation sites (tertiary alicyclic amines) is 1. The van der Waals surface area contributed by atoms with E-state index in [1.54, 1.807) is 43.3 Å². The van der Waals surface area contributed by atoms with E-state index in [-0.39, 0.29) is 17.0 Å². The highest BCUT2D eigenvalue weighted by Gasteiger charge is 2.25. The SMILES string of the molecule is CN(C)C(=O)N1CCC(Oc2cc(-n3ccc4cc(S(C)(=O)=O)ccc43)ncn2)CC1. The average molecular weight is 444 g/mol. The molecule has 31 heavy (non-hydrogen) atoms. The van der Waals surface area contributed by atoms with Gasteiger partial charge in [0.2, 0.25) is 5.88 Å². The van der Waals surface area contributed by atoms with Crippen LogP contribution in [0.2, 0.25) is 0 Å². The largest absolute Gasteiger partial charge is 0.474 e. The van der Waals surface area contributed by atoms with Crippen molar-refractivity contribution in [2.45, 2.75) is 23.8 Å². The monoisotopic (exact) mass is 443 g/mol. The molecule has 0 atom stereocenters. The number of carbonyl (C=O) groups excluding carboxylic acids is 1. The zero-order valence-electron chi connectivity index (χ0n) is 17.7. The Morgan fingerprint density at radius 1 is 1.13 bits per heavy atom. The van der Waals surface area contributed by atoms with Crippen LogP contribution in [-0.4, -0.2) is 78.3 Å². The topological polar surface area (TPSA) is 97.6 Å². The smallest absolute Gasteiger partial charge is 0.319 e. The van der Waals surface area contributed by atoms with Crippen LogP contribution in [0.4, 0.5) is 4.79 Å². The van der Waals surface area contributed by atoms with E-state index in [2.05, 4.69) is 9.97 Å². The second-order valence-electron chi connectivity index (χ2n) is 7.87. The minimum atomic E-state index is -3.27. The first kappa shape index (κ1) is 21.1. The van der Waals surface area contributed by atoms with E-state index < -0.39 is 9.84 Å². The molecule has 0 radical (unpaired) electrons. The Balaban J connectivity index is 1.50. The maximum atomic E-state index is 12.1. The number of carbonyl (C=O) groups is 1. The molecule has 1 saturated heterocycles. The maximum absolute atomic E-state index is 12.1. The highest BCUT2D eigenvalue weighted by atomic mass is 32.2. The normalized spacial score (nSPS) is 15.3. The molecule has 0 bridgehead atoms. The quantitative estimate of drug-likeness (QED) is 0.614. The summed E-state index contributed by atoms with van der Waals surface area (Å²) in [7, 11) is 0.231. The lowest BCUT2D eigenvalue weighted by molar-refractivity contribution is 0.0982. The predicted molar refractivity (Wildman–Crippen MR) is 116 cm³/mol. The van der Waals surface area contributed by atoms with E-state index in [0.29, 0.717) is 24.8 Å². The van der Waals surface area contributed by atoms with Gasteiger partial charge in [0.25, 0.3) is 0 Å². The third-order valence-corrected chi connectivity index (χ3v) is 6.46. The van der Waals surface area contributed by atoms with Crippen LogP contribution >= 0.6 is 0 Å². The van der Waals surface area contributed by atoms with Crippen LogP contribution in [0.15, 0.2) is 47.8 Å². The lowest BCUT2D eigenvalue weighted by Crippen LogP contribution is -2.46. The third-order valence-electron chi connectivity index (χ3n) is 5.35. The fourth-order valence-electron chi connectivity index (χ4n) is 3.70. The summed E-state index contributed by atoms with van der Waals surface area (Å²) in [4.78, 5) is 24.3. The van der Waals surface area contributed by atoms with E-state index >= 15 is 0 Å². The van der Waals surface area contributed by atoms with Gasteiger partial charge >= 0.3 is 6.03 Å². The molecule has 3 heterocycles. The van der Waals surface area contributed by atoms with E-state index in [0.717, 1.165) is 23.7 Å². The number of sulfone groups is 1. The second-order valence-corrected chi connectivity index (χ2v) is 9.89. The van der Waals surface area contributed by atoms with Gasteiger partial charge in [-0.2, -0.15) is 0 Å². The van der Waals surface area contributed by atoms with E-state index in [1.165, 1.54) is 12.6 Å². The summed E-state index contributed by atoms with van der Waals surface area (Å²) in [5, 5.41) is 0.807. The lowest BCUT2D eigenvalue weighted by atomic mass is 10.1. The zero-order valence-corrected chi connectivity index (χ0v) is 18.5.